The van der Waals surface area contributed by atoms with Gasteiger partial charge in [0.25, 0.3) is 0 Å². The molecule has 0 aliphatic carbocycles. The molecule has 0 fully saturated rings. The number of ether oxygens (including phenoxy) is 3. The minimum atomic E-state index is -0.445. The van der Waals surface area contributed by atoms with Gasteiger partial charge in [-0.2, -0.15) is 0 Å². The second-order valence-electron chi connectivity index (χ2n) is 6.86. The summed E-state index contributed by atoms with van der Waals surface area (Å²) >= 11 is 0. The number of fused-ring (bicyclic) bond motifs is 2. The minimum Gasteiger partial charge on any atom is -0.482 e. The van der Waals surface area contributed by atoms with Crippen LogP contribution in [0.3, 0.4) is 0 Å². The summed E-state index contributed by atoms with van der Waals surface area (Å²) in [5.41, 5.74) is 3.23. The molecule has 6 heteroatoms. The molecule has 0 radical (unpaired) electrons. The van der Waals surface area contributed by atoms with Crippen molar-refractivity contribution in [2.24, 2.45) is 7.05 Å². The zero-order valence-corrected chi connectivity index (χ0v) is 16.5. The number of aryl methyl sites for hydroxylation is 2. The number of carbonyl (C=O) groups excluding carboxylic acids is 2. The first-order chi connectivity index (χ1) is 14.0. The molecule has 4 rings (SSSR count). The van der Waals surface area contributed by atoms with E-state index in [1.165, 1.54) is 0 Å². The Morgan fingerprint density at radius 3 is 2.83 bits per heavy atom. The first-order valence-corrected chi connectivity index (χ1v) is 9.39. The topological polar surface area (TPSA) is 66.8 Å². The van der Waals surface area contributed by atoms with E-state index in [0.717, 1.165) is 22.0 Å². The van der Waals surface area contributed by atoms with E-state index in [4.69, 9.17) is 14.2 Å². The van der Waals surface area contributed by atoms with Gasteiger partial charge in [-0.05, 0) is 37.6 Å². The van der Waals surface area contributed by atoms with Gasteiger partial charge in [-0.25, -0.2) is 4.79 Å². The Bertz CT molecular complexity index is 1160. The van der Waals surface area contributed by atoms with Gasteiger partial charge >= 0.3 is 5.97 Å². The first-order valence-electron chi connectivity index (χ1n) is 9.39. The van der Waals surface area contributed by atoms with E-state index in [1.54, 1.807) is 25.1 Å². The fraction of sp³-hybridized carbons (Fsp3) is 0.217. The number of para-hydroxylation sites is 1. The zero-order valence-electron chi connectivity index (χ0n) is 16.5. The summed E-state index contributed by atoms with van der Waals surface area (Å²) in [5, 5.41) is 1.05. The van der Waals surface area contributed by atoms with E-state index < -0.39 is 5.97 Å². The van der Waals surface area contributed by atoms with E-state index in [2.05, 4.69) is 0 Å². The number of nitrogens with zero attached hydrogens (tertiary/aromatic N) is 1. The molecule has 1 aromatic heterocycles. The Kier molecular flexibility index (Phi) is 4.84. The lowest BCUT2D eigenvalue weighted by Gasteiger charge is -2.08. The molecule has 6 nitrogen and oxygen atoms in total. The molecule has 0 saturated heterocycles. The highest BCUT2D eigenvalue weighted by molar-refractivity contribution is 6.16. The van der Waals surface area contributed by atoms with Gasteiger partial charge in [0.05, 0.1) is 12.2 Å². The fourth-order valence-electron chi connectivity index (χ4n) is 3.53. The summed E-state index contributed by atoms with van der Waals surface area (Å²) < 4.78 is 18.2. The van der Waals surface area contributed by atoms with Crippen LogP contribution < -0.4 is 9.47 Å². The molecular weight excluding hydrogens is 370 g/mol. The molecule has 0 amide bonds. The van der Waals surface area contributed by atoms with E-state index in [0.29, 0.717) is 23.7 Å². The average molecular weight is 391 g/mol. The van der Waals surface area contributed by atoms with Gasteiger partial charge in [-0.3, -0.25) is 4.79 Å². The van der Waals surface area contributed by atoms with Crippen molar-refractivity contribution in [3.05, 3.63) is 65.0 Å². The number of hydrogen-bond acceptors (Lipinski definition) is 5. The van der Waals surface area contributed by atoms with Crippen LogP contribution in [0.2, 0.25) is 0 Å². The van der Waals surface area contributed by atoms with Crippen LogP contribution in [0.4, 0.5) is 0 Å². The Morgan fingerprint density at radius 1 is 1.24 bits per heavy atom. The maximum absolute atomic E-state index is 12.9. The van der Waals surface area contributed by atoms with Crippen molar-refractivity contribution in [1.29, 1.82) is 0 Å². The molecular formula is C23H21NO5. The zero-order chi connectivity index (χ0) is 20.5. The van der Waals surface area contributed by atoms with E-state index >= 15 is 0 Å². The molecule has 29 heavy (non-hydrogen) atoms. The van der Waals surface area contributed by atoms with Gasteiger partial charge in [-0.15, -0.1) is 0 Å². The number of allylic oxidation sites excluding steroid dienone is 1. The predicted molar refractivity (Wildman–Crippen MR) is 109 cm³/mol. The van der Waals surface area contributed by atoms with Crippen LogP contribution in [0.1, 0.15) is 28.4 Å². The molecule has 0 saturated carbocycles. The molecule has 0 atom stereocenters. The molecule has 0 N–H and O–H groups in total. The fourth-order valence-corrected chi connectivity index (χ4v) is 3.53. The van der Waals surface area contributed by atoms with Gasteiger partial charge in [0, 0.05) is 35.8 Å². The van der Waals surface area contributed by atoms with Crippen LogP contribution in [0.5, 0.6) is 11.5 Å². The largest absolute Gasteiger partial charge is 0.482 e. The van der Waals surface area contributed by atoms with Crippen molar-refractivity contribution in [3.8, 4) is 11.5 Å². The lowest BCUT2D eigenvalue weighted by molar-refractivity contribution is -0.145. The van der Waals surface area contributed by atoms with Crippen molar-refractivity contribution in [2.45, 2.75) is 13.8 Å². The first kappa shape index (κ1) is 18.8. The number of esters is 1. The van der Waals surface area contributed by atoms with Crippen molar-refractivity contribution >= 4 is 28.7 Å². The molecule has 1 aliphatic rings. The Labute approximate surface area is 168 Å². The van der Waals surface area contributed by atoms with E-state index in [9.17, 15) is 9.59 Å². The molecule has 0 bridgehead atoms. The summed E-state index contributed by atoms with van der Waals surface area (Å²) in [5.74, 6) is 0.539. The number of ketones is 1. The van der Waals surface area contributed by atoms with Gasteiger partial charge < -0.3 is 18.8 Å². The molecule has 0 unspecified atom stereocenters. The molecule has 2 heterocycles. The lowest BCUT2D eigenvalue weighted by atomic mass is 10.0. The summed E-state index contributed by atoms with van der Waals surface area (Å²) in [4.78, 5) is 24.4. The highest BCUT2D eigenvalue weighted by Gasteiger charge is 2.30. The number of Topliss-reactive ketones (excluding diaryl/α,β-unsaturated/α-hetero) is 1. The monoisotopic (exact) mass is 391 g/mol. The Hall–Kier alpha value is -3.54. The number of hydrogen-bond donors (Lipinski definition) is 0. The van der Waals surface area contributed by atoms with Crippen molar-refractivity contribution in [3.63, 3.8) is 0 Å². The lowest BCUT2D eigenvalue weighted by Crippen LogP contribution is -2.14. The third-order valence-electron chi connectivity index (χ3n) is 4.82. The minimum absolute atomic E-state index is 0.164. The second kappa shape index (κ2) is 7.47. The van der Waals surface area contributed by atoms with Crippen LogP contribution in [0, 0.1) is 6.92 Å². The molecule has 148 valence electrons. The molecule has 0 spiro atoms. The molecule has 3 aromatic rings. The van der Waals surface area contributed by atoms with E-state index in [1.807, 2.05) is 49.0 Å². The number of rotatable bonds is 5. The average Bonchev–Trinajstić information content (AvgIpc) is 3.18. The quantitative estimate of drug-likeness (QED) is 0.485. The van der Waals surface area contributed by atoms with Crippen LogP contribution in [-0.2, 0) is 16.6 Å². The molecule has 2 aromatic carbocycles. The van der Waals surface area contributed by atoms with Gasteiger partial charge in [0.2, 0.25) is 5.78 Å². The Balaban J connectivity index is 1.63. The summed E-state index contributed by atoms with van der Waals surface area (Å²) in [6.45, 7) is 3.66. The van der Waals surface area contributed by atoms with Gasteiger partial charge in [-0.1, -0.05) is 18.2 Å². The number of aromatic nitrogens is 1. The number of carbonyl (C=O) groups is 2. The summed E-state index contributed by atoms with van der Waals surface area (Å²) in [7, 11) is 1.97. The van der Waals surface area contributed by atoms with Crippen LogP contribution in [0.25, 0.3) is 17.0 Å². The number of benzene rings is 2. The predicted octanol–water partition coefficient (Wildman–Crippen LogP) is 4.04. The smallest absolute Gasteiger partial charge is 0.344 e. The highest BCUT2D eigenvalue weighted by atomic mass is 16.6. The van der Waals surface area contributed by atoms with Crippen LogP contribution in [0.15, 0.2) is 48.4 Å². The van der Waals surface area contributed by atoms with Crippen molar-refractivity contribution < 1.29 is 23.8 Å². The van der Waals surface area contributed by atoms with Crippen LogP contribution >= 0.6 is 0 Å². The summed E-state index contributed by atoms with van der Waals surface area (Å²) in [6.07, 6.45) is 3.74. The molecule has 1 aliphatic heterocycles. The second-order valence-corrected chi connectivity index (χ2v) is 6.86. The standard InChI is InChI=1S/C23H21NO5/c1-4-27-21(25)13-28-16-9-14(2)22-19(11-16)29-20(23(22)26)10-15-12-24(3)18-8-6-5-7-17(15)18/h5-12H,4,13H2,1-3H3/b20-10-. The maximum Gasteiger partial charge on any atom is 0.344 e. The maximum atomic E-state index is 12.9. The third-order valence-corrected chi connectivity index (χ3v) is 4.82. The normalized spacial score (nSPS) is 14.2. The van der Waals surface area contributed by atoms with Gasteiger partial charge in [0.1, 0.15) is 11.5 Å². The van der Waals surface area contributed by atoms with Crippen molar-refractivity contribution in [1.82, 2.24) is 4.57 Å². The van der Waals surface area contributed by atoms with E-state index in [-0.39, 0.29) is 18.1 Å². The third kappa shape index (κ3) is 3.49. The van der Waals surface area contributed by atoms with Crippen LogP contribution in [-0.4, -0.2) is 29.5 Å². The SMILES string of the molecule is CCOC(=O)COc1cc(C)c2c(c1)O/C(=C\c1cn(C)c3ccccc13)C2=O. The van der Waals surface area contributed by atoms with Crippen molar-refractivity contribution in [2.75, 3.05) is 13.2 Å². The summed E-state index contributed by atoms with van der Waals surface area (Å²) in [6, 6.07) is 11.3. The Morgan fingerprint density at radius 2 is 2.03 bits per heavy atom. The van der Waals surface area contributed by atoms with Gasteiger partial charge in [0.15, 0.2) is 12.4 Å². The highest BCUT2D eigenvalue weighted by Crippen LogP contribution is 2.38.